The van der Waals surface area contributed by atoms with E-state index >= 15 is 0 Å². The van der Waals surface area contributed by atoms with E-state index in [4.69, 9.17) is 4.74 Å². The smallest absolute Gasteiger partial charge is 0.243 e. The van der Waals surface area contributed by atoms with E-state index in [1.807, 2.05) is 0 Å². The lowest BCUT2D eigenvalue weighted by Gasteiger charge is -2.31. The molecule has 0 N–H and O–H groups in total. The third kappa shape index (κ3) is 3.78. The van der Waals surface area contributed by atoms with E-state index < -0.39 is 15.8 Å². The van der Waals surface area contributed by atoms with Crippen LogP contribution in [-0.2, 0) is 14.8 Å². The van der Waals surface area contributed by atoms with Crippen LogP contribution in [0.15, 0.2) is 29.2 Å². The Labute approximate surface area is 127 Å². The van der Waals surface area contributed by atoms with Gasteiger partial charge in [-0.15, -0.1) is 0 Å². The van der Waals surface area contributed by atoms with Crippen LogP contribution in [0.3, 0.4) is 0 Å². The summed E-state index contributed by atoms with van der Waals surface area (Å²) in [5.74, 6) is -0.540. The number of piperidine rings is 1. The maximum absolute atomic E-state index is 13.2. The van der Waals surface area contributed by atoms with E-state index in [2.05, 4.69) is 15.9 Å². The van der Waals surface area contributed by atoms with Crippen LogP contribution in [0.5, 0.6) is 0 Å². The van der Waals surface area contributed by atoms with E-state index in [0.717, 1.165) is 11.4 Å². The molecule has 112 valence electrons. The molecule has 1 fully saturated rings. The third-order valence-electron chi connectivity index (χ3n) is 3.27. The zero-order chi connectivity index (χ0) is 14.6. The van der Waals surface area contributed by atoms with Crippen molar-refractivity contribution in [2.24, 2.45) is 0 Å². The first-order valence-corrected chi connectivity index (χ1v) is 9.03. The Morgan fingerprint density at radius 3 is 2.65 bits per heavy atom. The maximum atomic E-state index is 13.2. The molecule has 1 saturated heterocycles. The van der Waals surface area contributed by atoms with Crippen molar-refractivity contribution in [1.29, 1.82) is 0 Å². The Bertz CT molecular complexity index is 544. The highest BCUT2D eigenvalue weighted by molar-refractivity contribution is 9.09. The van der Waals surface area contributed by atoms with Crippen LogP contribution in [0.2, 0.25) is 0 Å². The standard InChI is InChI=1S/C13H17BrFNO3S/c14-6-9-19-12-4-7-16(8-5-12)20(17,18)13-3-1-2-11(15)10-13/h1-3,10,12H,4-9H2. The van der Waals surface area contributed by atoms with Crippen molar-refractivity contribution >= 4 is 26.0 Å². The summed E-state index contributed by atoms with van der Waals surface area (Å²) >= 11 is 3.29. The molecule has 0 radical (unpaired) electrons. The highest BCUT2D eigenvalue weighted by Gasteiger charge is 2.29. The number of nitrogens with zero attached hydrogens (tertiary/aromatic N) is 1. The molecule has 1 aliphatic rings. The number of hydrogen-bond acceptors (Lipinski definition) is 3. The minimum atomic E-state index is -3.60. The number of halogens is 2. The van der Waals surface area contributed by atoms with Crippen molar-refractivity contribution in [2.45, 2.75) is 23.8 Å². The van der Waals surface area contributed by atoms with Crippen molar-refractivity contribution in [2.75, 3.05) is 25.0 Å². The molecule has 4 nitrogen and oxygen atoms in total. The van der Waals surface area contributed by atoms with Crippen LogP contribution in [0.25, 0.3) is 0 Å². The summed E-state index contributed by atoms with van der Waals surface area (Å²) in [7, 11) is -3.60. The number of hydrogen-bond donors (Lipinski definition) is 0. The normalized spacial score (nSPS) is 18.3. The first-order valence-electron chi connectivity index (χ1n) is 6.47. The van der Waals surface area contributed by atoms with Gasteiger partial charge in [-0.3, -0.25) is 0 Å². The molecular formula is C13H17BrFNO3S. The van der Waals surface area contributed by atoms with Crippen molar-refractivity contribution in [3.8, 4) is 0 Å². The molecule has 2 rings (SSSR count). The second kappa shape index (κ2) is 6.98. The quantitative estimate of drug-likeness (QED) is 0.752. The van der Waals surface area contributed by atoms with Crippen molar-refractivity contribution in [1.82, 2.24) is 4.31 Å². The molecule has 20 heavy (non-hydrogen) atoms. The summed E-state index contributed by atoms with van der Waals surface area (Å²) in [6.45, 7) is 1.44. The van der Waals surface area contributed by atoms with Crippen molar-refractivity contribution in [3.63, 3.8) is 0 Å². The van der Waals surface area contributed by atoms with E-state index in [0.29, 0.717) is 32.5 Å². The minimum absolute atomic E-state index is 0.0114. The van der Waals surface area contributed by atoms with Gasteiger partial charge in [0.1, 0.15) is 5.82 Å². The third-order valence-corrected chi connectivity index (χ3v) is 5.48. The number of sulfonamides is 1. The van der Waals surface area contributed by atoms with Crippen molar-refractivity contribution in [3.05, 3.63) is 30.1 Å². The molecule has 0 spiro atoms. The Balaban J connectivity index is 2.02. The van der Waals surface area contributed by atoms with Gasteiger partial charge in [-0.2, -0.15) is 4.31 Å². The van der Waals surface area contributed by atoms with Crippen LogP contribution in [-0.4, -0.2) is 43.9 Å². The predicted octanol–water partition coefficient (Wildman–Crippen LogP) is 2.39. The van der Waals surface area contributed by atoms with Gasteiger partial charge in [0, 0.05) is 18.4 Å². The second-order valence-electron chi connectivity index (χ2n) is 4.62. The molecule has 0 aromatic heterocycles. The second-order valence-corrected chi connectivity index (χ2v) is 7.35. The van der Waals surface area contributed by atoms with Gasteiger partial charge in [0.25, 0.3) is 0 Å². The summed E-state index contributed by atoms with van der Waals surface area (Å²) < 4.78 is 44.9. The first kappa shape index (κ1) is 15.9. The summed E-state index contributed by atoms with van der Waals surface area (Å²) in [6.07, 6.45) is 1.44. The molecule has 0 aliphatic carbocycles. The fraction of sp³-hybridized carbons (Fsp3) is 0.538. The molecule has 1 aliphatic heterocycles. The molecule has 0 bridgehead atoms. The molecule has 1 heterocycles. The SMILES string of the molecule is O=S(=O)(c1cccc(F)c1)N1CCC(OCCBr)CC1. The molecule has 1 aromatic rings. The molecular weight excluding hydrogens is 349 g/mol. The van der Waals surface area contributed by atoms with Crippen LogP contribution in [0, 0.1) is 5.82 Å². The van der Waals surface area contributed by atoms with Gasteiger partial charge in [-0.1, -0.05) is 22.0 Å². The predicted molar refractivity (Wildman–Crippen MR) is 77.9 cm³/mol. The number of alkyl halides is 1. The lowest BCUT2D eigenvalue weighted by molar-refractivity contribution is 0.0309. The highest BCUT2D eigenvalue weighted by Crippen LogP contribution is 2.22. The van der Waals surface area contributed by atoms with Crippen LogP contribution in [0.1, 0.15) is 12.8 Å². The van der Waals surface area contributed by atoms with Gasteiger partial charge in [0.2, 0.25) is 10.0 Å². The minimum Gasteiger partial charge on any atom is -0.377 e. The van der Waals surface area contributed by atoms with Crippen molar-refractivity contribution < 1.29 is 17.5 Å². The average molecular weight is 366 g/mol. The Morgan fingerprint density at radius 1 is 1.35 bits per heavy atom. The van der Waals surface area contributed by atoms with E-state index in [1.54, 1.807) is 0 Å². The zero-order valence-corrected chi connectivity index (χ0v) is 13.4. The van der Waals surface area contributed by atoms with Gasteiger partial charge in [-0.25, -0.2) is 12.8 Å². The van der Waals surface area contributed by atoms with E-state index in [1.165, 1.54) is 22.5 Å². The van der Waals surface area contributed by atoms with Gasteiger partial charge in [0.15, 0.2) is 0 Å². The van der Waals surface area contributed by atoms with Crippen LogP contribution in [0.4, 0.5) is 4.39 Å². The Morgan fingerprint density at radius 2 is 2.05 bits per heavy atom. The monoisotopic (exact) mass is 365 g/mol. The molecule has 0 amide bonds. The number of ether oxygens (including phenoxy) is 1. The Kier molecular flexibility index (Phi) is 5.54. The summed E-state index contributed by atoms with van der Waals surface area (Å²) in [5, 5.41) is 0.773. The Hall–Kier alpha value is -0.500. The summed E-state index contributed by atoms with van der Waals surface area (Å²) in [5.41, 5.74) is 0. The average Bonchev–Trinajstić information content (AvgIpc) is 2.45. The fourth-order valence-corrected chi connectivity index (χ4v) is 3.92. The maximum Gasteiger partial charge on any atom is 0.243 e. The van der Waals surface area contributed by atoms with Gasteiger partial charge in [0.05, 0.1) is 17.6 Å². The molecule has 0 saturated carbocycles. The highest BCUT2D eigenvalue weighted by atomic mass is 79.9. The molecule has 7 heteroatoms. The molecule has 0 unspecified atom stereocenters. The van der Waals surface area contributed by atoms with E-state index in [-0.39, 0.29) is 11.0 Å². The van der Waals surface area contributed by atoms with Gasteiger partial charge in [-0.05, 0) is 31.0 Å². The van der Waals surface area contributed by atoms with Crippen LogP contribution < -0.4 is 0 Å². The molecule has 1 aromatic carbocycles. The first-order chi connectivity index (χ1) is 9.54. The van der Waals surface area contributed by atoms with Gasteiger partial charge >= 0.3 is 0 Å². The van der Waals surface area contributed by atoms with E-state index in [9.17, 15) is 12.8 Å². The summed E-state index contributed by atoms with van der Waals surface area (Å²) in [6, 6.07) is 5.13. The number of rotatable bonds is 5. The summed E-state index contributed by atoms with van der Waals surface area (Å²) in [4.78, 5) is 0.0114. The fourth-order valence-electron chi connectivity index (χ4n) is 2.23. The zero-order valence-electron chi connectivity index (χ0n) is 11.0. The lowest BCUT2D eigenvalue weighted by Crippen LogP contribution is -2.41. The lowest BCUT2D eigenvalue weighted by atomic mass is 10.1. The van der Waals surface area contributed by atoms with Crippen LogP contribution >= 0.6 is 15.9 Å². The largest absolute Gasteiger partial charge is 0.377 e. The number of benzene rings is 1. The topological polar surface area (TPSA) is 46.6 Å². The van der Waals surface area contributed by atoms with Gasteiger partial charge < -0.3 is 4.74 Å². The molecule has 0 atom stereocenters.